The molecule has 0 aromatic heterocycles. The van der Waals surface area contributed by atoms with Crippen LogP contribution < -0.4 is 28.2 Å². The molecule has 0 rings (SSSR count). The summed E-state index contributed by atoms with van der Waals surface area (Å²) < 4.78 is 0. The molecule has 0 aromatic rings. The van der Waals surface area contributed by atoms with Crippen molar-refractivity contribution in [1.82, 2.24) is 0 Å². The van der Waals surface area contributed by atoms with Gasteiger partial charge in [0.1, 0.15) is 0 Å². The molecule has 0 aliphatic rings. The van der Waals surface area contributed by atoms with Crippen molar-refractivity contribution in [3.63, 3.8) is 0 Å². The minimum Gasteiger partial charge on any atom is -1.00 e. The molecule has 0 bridgehead atoms. The summed E-state index contributed by atoms with van der Waals surface area (Å²) in [5, 5.41) is 0. The monoisotopic (exact) mass is 356 g/mol. The van der Waals surface area contributed by atoms with Gasteiger partial charge in [-0.2, -0.15) is 0 Å². The standard InChI is InChI=1S/6FH.2Sb/h6*1H;;/q;;;;;;2*+3/p-6. The molecule has 0 saturated carbocycles. The maximum atomic E-state index is 0. The van der Waals surface area contributed by atoms with Gasteiger partial charge in [0, 0.05) is 0 Å². The third-order valence-electron chi connectivity index (χ3n) is 0. The van der Waals surface area contributed by atoms with E-state index in [4.69, 9.17) is 0 Å². The number of hydrogen-bond donors (Lipinski definition) is 0. The molecule has 0 aromatic carbocycles. The summed E-state index contributed by atoms with van der Waals surface area (Å²) in [6, 6.07) is 0. The normalized spacial score (nSPS) is 0. The molecule has 8 heteroatoms. The van der Waals surface area contributed by atoms with Crippen LogP contribution in [-0.4, -0.2) is 48.9 Å². The Labute approximate surface area is 76.9 Å². The largest absolute Gasteiger partial charge is 3.00 e. The molecular formula is F6Sb2. The molecule has 4 radical (unpaired) electrons. The molecule has 0 aliphatic heterocycles. The van der Waals surface area contributed by atoms with Gasteiger partial charge in [-0.15, -0.1) is 0 Å². The molecule has 0 unspecified atom stereocenters. The van der Waals surface area contributed by atoms with E-state index < -0.39 is 0 Å². The maximum absolute atomic E-state index is 0. The Morgan fingerprint density at radius 2 is 0.250 bits per heavy atom. The summed E-state index contributed by atoms with van der Waals surface area (Å²) in [6.45, 7) is 0. The predicted molar refractivity (Wildman–Crippen MR) is 11.5 cm³/mol. The van der Waals surface area contributed by atoms with E-state index in [1.807, 2.05) is 0 Å². The van der Waals surface area contributed by atoms with Gasteiger partial charge in [0.15, 0.2) is 0 Å². The fourth-order valence-corrected chi connectivity index (χ4v) is 0. The van der Waals surface area contributed by atoms with E-state index in [0.717, 1.165) is 0 Å². The molecular weight excluding hydrogens is 358 g/mol. The molecule has 0 spiro atoms. The van der Waals surface area contributed by atoms with Crippen molar-refractivity contribution in [2.75, 3.05) is 0 Å². The first-order valence-corrected chi connectivity index (χ1v) is 0. The van der Waals surface area contributed by atoms with Crippen molar-refractivity contribution in [3.05, 3.63) is 0 Å². The summed E-state index contributed by atoms with van der Waals surface area (Å²) in [7, 11) is 0. The van der Waals surface area contributed by atoms with Crippen molar-refractivity contribution in [2.24, 2.45) is 0 Å². The number of halogens is 6. The third kappa shape index (κ3) is 188. The van der Waals surface area contributed by atoms with Crippen molar-refractivity contribution in [1.29, 1.82) is 0 Å². The first-order valence-electron chi connectivity index (χ1n) is 0. The van der Waals surface area contributed by atoms with Gasteiger partial charge in [-0.25, -0.2) is 0 Å². The average molecular weight is 358 g/mol. The minimum absolute atomic E-state index is 0. The molecule has 0 saturated heterocycles. The number of rotatable bonds is 0. The Kier molecular flexibility index (Phi) is 15200. The quantitative estimate of drug-likeness (QED) is 0.298. The molecule has 0 heterocycles. The van der Waals surface area contributed by atoms with Crippen molar-refractivity contribution in [3.8, 4) is 0 Å². The fourth-order valence-electron chi connectivity index (χ4n) is 0. The summed E-state index contributed by atoms with van der Waals surface area (Å²) in [4.78, 5) is 0. The van der Waals surface area contributed by atoms with E-state index in [0.29, 0.717) is 0 Å². The molecule has 0 atom stereocenters. The SMILES string of the molecule is [F-].[F-].[F-].[F-].[F-].[F-].[Sb+3].[Sb+3]. The van der Waals surface area contributed by atoms with Gasteiger partial charge in [0.05, 0.1) is 0 Å². The van der Waals surface area contributed by atoms with Gasteiger partial charge in [-0.05, 0) is 0 Å². The summed E-state index contributed by atoms with van der Waals surface area (Å²) in [6.07, 6.45) is 0. The van der Waals surface area contributed by atoms with Crippen molar-refractivity contribution >= 4 is 48.9 Å². The van der Waals surface area contributed by atoms with Crippen molar-refractivity contribution < 1.29 is 28.2 Å². The predicted octanol–water partition coefficient (Wildman–Crippen LogP) is -18.7. The van der Waals surface area contributed by atoms with Gasteiger partial charge < -0.3 is 28.2 Å². The van der Waals surface area contributed by atoms with Gasteiger partial charge in [-0.3, -0.25) is 0 Å². The Bertz CT molecular complexity index is 6.49. The van der Waals surface area contributed by atoms with Crippen LogP contribution in [0.5, 0.6) is 0 Å². The maximum Gasteiger partial charge on any atom is 3.00 e. The fraction of sp³-hybridized carbons (Fsp3) is 0. The van der Waals surface area contributed by atoms with Crippen LogP contribution >= 0.6 is 0 Å². The van der Waals surface area contributed by atoms with Crippen LogP contribution in [0, 0.1) is 0 Å². The molecule has 0 amide bonds. The van der Waals surface area contributed by atoms with E-state index in [1.165, 1.54) is 0 Å². The van der Waals surface area contributed by atoms with E-state index in [1.54, 1.807) is 0 Å². The summed E-state index contributed by atoms with van der Waals surface area (Å²) >= 11 is 0. The van der Waals surface area contributed by atoms with Crippen LogP contribution in [0.4, 0.5) is 0 Å². The van der Waals surface area contributed by atoms with Crippen LogP contribution in [0.2, 0.25) is 0 Å². The van der Waals surface area contributed by atoms with E-state index in [2.05, 4.69) is 0 Å². The Morgan fingerprint density at radius 1 is 0.250 bits per heavy atom. The topological polar surface area (TPSA) is 0 Å². The second-order valence-corrected chi connectivity index (χ2v) is 0. The van der Waals surface area contributed by atoms with Crippen molar-refractivity contribution in [2.45, 2.75) is 0 Å². The molecule has 0 fully saturated rings. The first kappa shape index (κ1) is 421. The molecule has 0 nitrogen and oxygen atoms in total. The smallest absolute Gasteiger partial charge is 1.00 e. The van der Waals surface area contributed by atoms with Crippen LogP contribution in [0.25, 0.3) is 0 Å². The zero-order chi connectivity index (χ0) is 0. The second kappa shape index (κ2) is 289. The Balaban J connectivity index is 0. The molecule has 8 heavy (non-hydrogen) atoms. The molecule has 0 N–H and O–H groups in total. The van der Waals surface area contributed by atoms with E-state index in [9.17, 15) is 0 Å². The van der Waals surface area contributed by atoms with Gasteiger partial charge in [0.25, 0.3) is 0 Å². The average Bonchev–Trinajstić information content (AvgIpc) is 0. The van der Waals surface area contributed by atoms with Crippen LogP contribution in [0.15, 0.2) is 0 Å². The van der Waals surface area contributed by atoms with Gasteiger partial charge >= 0.3 is 48.9 Å². The summed E-state index contributed by atoms with van der Waals surface area (Å²) in [5.74, 6) is 0. The van der Waals surface area contributed by atoms with E-state index >= 15 is 0 Å². The van der Waals surface area contributed by atoms with Gasteiger partial charge in [-0.1, -0.05) is 0 Å². The van der Waals surface area contributed by atoms with Crippen LogP contribution in [-0.2, 0) is 0 Å². The van der Waals surface area contributed by atoms with Crippen LogP contribution in [0.3, 0.4) is 0 Å². The zero-order valence-electron chi connectivity index (χ0n) is 3.16. The first-order chi connectivity index (χ1) is 0. The minimum atomic E-state index is 0. The Hall–Kier alpha value is 1.22. The Morgan fingerprint density at radius 3 is 0.250 bits per heavy atom. The third-order valence-corrected chi connectivity index (χ3v) is 0. The van der Waals surface area contributed by atoms with E-state index in [-0.39, 0.29) is 77.1 Å². The van der Waals surface area contributed by atoms with Crippen LogP contribution in [0.1, 0.15) is 0 Å². The second-order valence-electron chi connectivity index (χ2n) is 0. The molecule has 0 aliphatic carbocycles. The summed E-state index contributed by atoms with van der Waals surface area (Å²) in [5.41, 5.74) is 0. The molecule has 52 valence electrons. The number of hydrogen-bond acceptors (Lipinski definition) is 0. The van der Waals surface area contributed by atoms with Gasteiger partial charge in [0.2, 0.25) is 0 Å². The zero-order valence-corrected chi connectivity index (χ0v) is 8.27.